The summed E-state index contributed by atoms with van der Waals surface area (Å²) in [4.78, 5) is 0. The molecule has 0 radical (unpaired) electrons. The van der Waals surface area contributed by atoms with Crippen LogP contribution in [0.2, 0.25) is 0 Å². The summed E-state index contributed by atoms with van der Waals surface area (Å²) >= 11 is 1.83. The van der Waals surface area contributed by atoms with Crippen LogP contribution in [-0.2, 0) is 0 Å². The molecule has 0 aromatic heterocycles. The summed E-state index contributed by atoms with van der Waals surface area (Å²) in [5, 5.41) is 3.35. The number of halogens is 2. The van der Waals surface area contributed by atoms with E-state index in [2.05, 4.69) is 25.4 Å². The maximum Gasteiger partial charge on any atom is 0.128 e. The maximum absolute atomic E-state index is 13.9. The molecule has 0 heterocycles. The number of thioether (sulfide) groups is 1. The molecule has 1 unspecified atom stereocenters. The van der Waals surface area contributed by atoms with E-state index < -0.39 is 0 Å². The van der Waals surface area contributed by atoms with Gasteiger partial charge in [0.25, 0.3) is 0 Å². The first kappa shape index (κ1) is 17.4. The summed E-state index contributed by atoms with van der Waals surface area (Å²) in [6.07, 6.45) is 4.20. The average Bonchev–Trinajstić information content (AvgIpc) is 2.44. The van der Waals surface area contributed by atoms with Crippen LogP contribution in [-0.4, -0.2) is 17.5 Å². The molecule has 0 fully saturated rings. The predicted octanol–water partition coefficient (Wildman–Crippen LogP) is 4.85. The number of rotatable bonds is 7. The lowest BCUT2D eigenvalue weighted by atomic mass is 10.00. The van der Waals surface area contributed by atoms with Crippen LogP contribution in [0.25, 0.3) is 0 Å². The minimum atomic E-state index is -0.350. The first-order chi connectivity index (χ1) is 9.39. The number of hydrogen-bond acceptors (Lipinski definition) is 2. The molecule has 1 nitrogen and oxygen atoms in total. The molecule has 0 aliphatic heterocycles. The molecule has 0 spiro atoms. The Hall–Kier alpha value is -0.610. The molecule has 1 aromatic carbocycles. The fraction of sp³-hybridized carbons (Fsp3) is 0.625. The van der Waals surface area contributed by atoms with Crippen LogP contribution in [0.1, 0.15) is 50.8 Å². The Balaban J connectivity index is 2.81. The normalized spacial score (nSPS) is 13.6. The van der Waals surface area contributed by atoms with Gasteiger partial charge in [-0.2, -0.15) is 11.8 Å². The Kier molecular flexibility index (Phi) is 6.46. The van der Waals surface area contributed by atoms with Gasteiger partial charge in [-0.25, -0.2) is 8.78 Å². The summed E-state index contributed by atoms with van der Waals surface area (Å²) < 4.78 is 27.7. The van der Waals surface area contributed by atoms with Crippen molar-refractivity contribution < 1.29 is 8.78 Å². The molecule has 0 aliphatic rings. The minimum absolute atomic E-state index is 0.161. The molecule has 114 valence electrons. The van der Waals surface area contributed by atoms with E-state index in [0.717, 1.165) is 19.4 Å². The fourth-order valence-electron chi connectivity index (χ4n) is 2.30. The molecule has 0 amide bonds. The molecular formula is C16H25F2NS. The summed E-state index contributed by atoms with van der Waals surface area (Å²) in [5.41, 5.74) is 0.745. The molecule has 1 atom stereocenters. The predicted molar refractivity (Wildman–Crippen MR) is 84.3 cm³/mol. The third-order valence-electron chi connectivity index (χ3n) is 4.20. The maximum atomic E-state index is 13.9. The number of hydrogen-bond donors (Lipinski definition) is 1. The second-order valence-corrected chi connectivity index (χ2v) is 6.59. The second-order valence-electron chi connectivity index (χ2n) is 5.32. The first-order valence-electron chi connectivity index (χ1n) is 7.13. The van der Waals surface area contributed by atoms with E-state index in [1.54, 1.807) is 6.92 Å². The second kappa shape index (κ2) is 7.41. The molecule has 0 aliphatic carbocycles. The monoisotopic (exact) mass is 301 g/mol. The zero-order valence-corrected chi connectivity index (χ0v) is 13.8. The van der Waals surface area contributed by atoms with Crippen molar-refractivity contribution >= 4 is 11.8 Å². The van der Waals surface area contributed by atoms with E-state index >= 15 is 0 Å². The van der Waals surface area contributed by atoms with Crippen LogP contribution in [0.4, 0.5) is 8.78 Å². The Bertz CT molecular complexity index is 436. The Morgan fingerprint density at radius 2 is 1.80 bits per heavy atom. The van der Waals surface area contributed by atoms with Gasteiger partial charge < -0.3 is 5.32 Å². The smallest absolute Gasteiger partial charge is 0.128 e. The van der Waals surface area contributed by atoms with Crippen LogP contribution in [0.15, 0.2) is 12.1 Å². The highest BCUT2D eigenvalue weighted by Gasteiger charge is 2.25. The number of nitrogens with one attached hydrogen (secondary N) is 1. The van der Waals surface area contributed by atoms with Crippen molar-refractivity contribution in [2.45, 2.75) is 51.3 Å². The van der Waals surface area contributed by atoms with Gasteiger partial charge in [-0.15, -0.1) is 0 Å². The summed E-state index contributed by atoms with van der Waals surface area (Å²) in [5.74, 6) is -0.691. The molecular weight excluding hydrogens is 276 g/mol. The van der Waals surface area contributed by atoms with Gasteiger partial charge in [0, 0.05) is 22.9 Å². The van der Waals surface area contributed by atoms with Crippen molar-refractivity contribution in [1.82, 2.24) is 5.32 Å². The van der Waals surface area contributed by atoms with Gasteiger partial charge in [0.15, 0.2) is 0 Å². The van der Waals surface area contributed by atoms with E-state index in [0.29, 0.717) is 11.1 Å². The van der Waals surface area contributed by atoms with Crippen molar-refractivity contribution in [3.8, 4) is 0 Å². The highest BCUT2D eigenvalue weighted by atomic mass is 32.2. The van der Waals surface area contributed by atoms with Crippen molar-refractivity contribution in [2.75, 3.05) is 12.8 Å². The lowest BCUT2D eigenvalue weighted by Gasteiger charge is -2.31. The molecule has 1 rings (SSSR count). The average molecular weight is 301 g/mol. The van der Waals surface area contributed by atoms with Crippen molar-refractivity contribution in [3.63, 3.8) is 0 Å². The SMILES string of the molecule is CCC(CC)(CNC(C)c1cc(F)c(C)cc1F)SC. The molecule has 0 bridgehead atoms. The molecule has 20 heavy (non-hydrogen) atoms. The number of aryl methyl sites for hydroxylation is 1. The largest absolute Gasteiger partial charge is 0.309 e. The van der Waals surface area contributed by atoms with Crippen molar-refractivity contribution in [2.24, 2.45) is 0 Å². The van der Waals surface area contributed by atoms with Crippen LogP contribution >= 0.6 is 11.8 Å². The van der Waals surface area contributed by atoms with Crippen LogP contribution < -0.4 is 5.32 Å². The highest BCUT2D eigenvalue weighted by Crippen LogP contribution is 2.30. The van der Waals surface area contributed by atoms with E-state index in [1.807, 2.05) is 18.7 Å². The van der Waals surface area contributed by atoms with Crippen LogP contribution in [0, 0.1) is 18.6 Å². The van der Waals surface area contributed by atoms with Gasteiger partial charge in [0.05, 0.1) is 0 Å². The highest BCUT2D eigenvalue weighted by molar-refractivity contribution is 8.00. The fourth-order valence-corrected chi connectivity index (χ4v) is 3.11. The zero-order valence-electron chi connectivity index (χ0n) is 13.0. The minimum Gasteiger partial charge on any atom is -0.309 e. The van der Waals surface area contributed by atoms with Gasteiger partial charge in [-0.05, 0) is 50.6 Å². The summed E-state index contributed by atoms with van der Waals surface area (Å²) in [6, 6.07) is 2.38. The third kappa shape index (κ3) is 3.95. The molecule has 0 saturated heterocycles. The van der Waals surface area contributed by atoms with E-state index in [9.17, 15) is 8.78 Å². The molecule has 1 N–H and O–H groups in total. The van der Waals surface area contributed by atoms with Gasteiger partial charge in [0.1, 0.15) is 11.6 Å². The van der Waals surface area contributed by atoms with Crippen molar-refractivity contribution in [3.05, 3.63) is 34.9 Å². The topological polar surface area (TPSA) is 12.0 Å². The quantitative estimate of drug-likeness (QED) is 0.773. The lowest BCUT2D eigenvalue weighted by molar-refractivity contribution is 0.447. The Labute approximate surface area is 125 Å². The van der Waals surface area contributed by atoms with E-state index in [1.165, 1.54) is 12.1 Å². The molecule has 1 aromatic rings. The van der Waals surface area contributed by atoms with Gasteiger partial charge in [-0.3, -0.25) is 0 Å². The zero-order chi connectivity index (χ0) is 15.3. The van der Waals surface area contributed by atoms with Gasteiger partial charge >= 0.3 is 0 Å². The summed E-state index contributed by atoms with van der Waals surface area (Å²) in [7, 11) is 0. The summed E-state index contributed by atoms with van der Waals surface area (Å²) in [6.45, 7) is 8.57. The van der Waals surface area contributed by atoms with Crippen LogP contribution in [0.3, 0.4) is 0 Å². The Morgan fingerprint density at radius 1 is 1.20 bits per heavy atom. The Morgan fingerprint density at radius 3 is 2.30 bits per heavy atom. The molecule has 4 heteroatoms. The molecule has 0 saturated carbocycles. The lowest BCUT2D eigenvalue weighted by Crippen LogP contribution is -2.38. The number of benzene rings is 1. The van der Waals surface area contributed by atoms with Crippen LogP contribution in [0.5, 0.6) is 0 Å². The standard InChI is InChI=1S/C16H25F2NS/c1-6-16(7-2,20-5)10-19-12(4)13-9-14(17)11(3)8-15(13)18/h8-9,12,19H,6-7,10H2,1-5H3. The van der Waals surface area contributed by atoms with E-state index in [-0.39, 0.29) is 22.4 Å². The van der Waals surface area contributed by atoms with E-state index in [4.69, 9.17) is 0 Å². The third-order valence-corrected chi connectivity index (χ3v) is 5.78. The van der Waals surface area contributed by atoms with Gasteiger partial charge in [-0.1, -0.05) is 13.8 Å². The van der Waals surface area contributed by atoms with Gasteiger partial charge in [0.2, 0.25) is 0 Å². The van der Waals surface area contributed by atoms with Crippen molar-refractivity contribution in [1.29, 1.82) is 0 Å². The first-order valence-corrected chi connectivity index (χ1v) is 8.35.